The highest BCUT2D eigenvalue weighted by Gasteiger charge is 2.56. The molecular weight excluding hydrogens is 356 g/mol. The van der Waals surface area contributed by atoms with Gasteiger partial charge in [-0.15, -0.1) is 11.8 Å². The summed E-state index contributed by atoms with van der Waals surface area (Å²) < 4.78 is 4.85. The average molecular weight is 378 g/mol. The molecule has 0 N–H and O–H groups in total. The van der Waals surface area contributed by atoms with Gasteiger partial charge in [-0.2, -0.15) is 0 Å². The monoisotopic (exact) mass is 378 g/mol. The third-order valence-corrected chi connectivity index (χ3v) is 6.52. The van der Waals surface area contributed by atoms with Crippen molar-refractivity contribution >= 4 is 29.3 Å². The van der Waals surface area contributed by atoms with E-state index >= 15 is 0 Å². The molecule has 1 aromatic carbocycles. The van der Waals surface area contributed by atoms with E-state index in [4.69, 9.17) is 4.74 Å². The van der Waals surface area contributed by atoms with E-state index in [9.17, 15) is 19.7 Å². The molecule has 0 saturated carbocycles. The highest BCUT2D eigenvalue weighted by Crippen LogP contribution is 2.49. The number of amides is 1. The van der Waals surface area contributed by atoms with Gasteiger partial charge in [0, 0.05) is 18.7 Å². The zero-order valence-corrected chi connectivity index (χ0v) is 15.5. The number of nitro groups is 1. The lowest BCUT2D eigenvalue weighted by Crippen LogP contribution is -2.49. The summed E-state index contributed by atoms with van der Waals surface area (Å²) in [6, 6.07) is 5.98. The lowest BCUT2D eigenvalue weighted by Gasteiger charge is -2.32. The molecule has 1 amide bonds. The largest absolute Gasteiger partial charge is 0.460 e. The number of non-ortho nitro benzene ring substituents is 1. The maximum atomic E-state index is 12.8. The van der Waals surface area contributed by atoms with Gasteiger partial charge in [-0.3, -0.25) is 19.7 Å². The molecule has 0 bridgehead atoms. The fourth-order valence-electron chi connectivity index (χ4n) is 3.30. The topological polar surface area (TPSA) is 89.8 Å². The van der Waals surface area contributed by atoms with Crippen LogP contribution in [0.4, 0.5) is 5.69 Å². The molecule has 2 saturated heterocycles. The van der Waals surface area contributed by atoms with Crippen LogP contribution in [-0.2, 0) is 20.9 Å². The molecule has 1 aromatic rings. The van der Waals surface area contributed by atoms with Gasteiger partial charge in [0.1, 0.15) is 11.4 Å². The van der Waals surface area contributed by atoms with Crippen LogP contribution < -0.4 is 0 Å². The normalized spacial score (nSPS) is 24.1. The minimum absolute atomic E-state index is 0.00495. The van der Waals surface area contributed by atoms with Gasteiger partial charge in [-0.05, 0) is 24.1 Å². The minimum Gasteiger partial charge on any atom is -0.460 e. The number of β-lactam (4-membered cyclic amide) rings is 1. The fraction of sp³-hybridized carbons (Fsp3) is 0.556. The van der Waals surface area contributed by atoms with Gasteiger partial charge in [0.2, 0.25) is 5.91 Å². The molecule has 1 unspecified atom stereocenters. The Balaban J connectivity index is 1.64. The minimum atomic E-state index is -0.688. The van der Waals surface area contributed by atoms with Gasteiger partial charge in [-0.25, -0.2) is 0 Å². The van der Waals surface area contributed by atoms with E-state index in [1.165, 1.54) is 12.1 Å². The first-order valence-electron chi connectivity index (χ1n) is 8.83. The second kappa shape index (κ2) is 7.65. The first-order valence-corrected chi connectivity index (χ1v) is 9.71. The van der Waals surface area contributed by atoms with Crippen molar-refractivity contribution in [1.29, 1.82) is 0 Å². The smallest absolute Gasteiger partial charge is 0.324 e. The summed E-state index contributed by atoms with van der Waals surface area (Å²) in [4.78, 5) is 36.6. The maximum Gasteiger partial charge on any atom is 0.324 e. The van der Waals surface area contributed by atoms with Crippen LogP contribution in [-0.4, -0.2) is 38.4 Å². The Morgan fingerprint density at radius 2 is 2.12 bits per heavy atom. The Labute approximate surface area is 156 Å². The number of benzene rings is 1. The number of ether oxygens (including phenoxy) is 1. The molecule has 2 fully saturated rings. The SMILES string of the molecule is CCCCCC1(C(=O)OCc2ccc([N+](=O)[O-])cc2)CN2C(=O)C[C@H]2S1. The molecule has 2 aliphatic heterocycles. The number of unbranched alkanes of at least 4 members (excludes halogenated alkanes) is 2. The Bertz CT molecular complexity index is 708. The van der Waals surface area contributed by atoms with Crippen molar-refractivity contribution in [3.8, 4) is 0 Å². The van der Waals surface area contributed by atoms with E-state index in [2.05, 4.69) is 6.92 Å². The van der Waals surface area contributed by atoms with Gasteiger partial charge >= 0.3 is 5.97 Å². The molecule has 7 nitrogen and oxygen atoms in total. The number of thioether (sulfide) groups is 1. The standard InChI is InChI=1S/C18H22N2O5S/c1-2-3-4-9-18(12-19-15(21)10-16(19)26-18)17(22)25-11-13-5-7-14(8-6-13)20(23)24/h5-8,16H,2-4,9-12H2,1H3/t16-,18?/m1/s1. The number of carbonyl (C=O) groups excluding carboxylic acids is 2. The van der Waals surface area contributed by atoms with E-state index in [0.29, 0.717) is 24.9 Å². The summed E-state index contributed by atoms with van der Waals surface area (Å²) in [5.41, 5.74) is 0.709. The van der Waals surface area contributed by atoms with Gasteiger partial charge in [0.05, 0.1) is 16.7 Å². The van der Waals surface area contributed by atoms with Crippen LogP contribution in [0.25, 0.3) is 0 Å². The van der Waals surface area contributed by atoms with Gasteiger partial charge in [-0.1, -0.05) is 26.2 Å². The van der Waals surface area contributed by atoms with Crippen LogP contribution in [0.15, 0.2) is 24.3 Å². The highest BCUT2D eigenvalue weighted by atomic mass is 32.2. The fourth-order valence-corrected chi connectivity index (χ4v) is 5.00. The molecule has 0 radical (unpaired) electrons. The first-order chi connectivity index (χ1) is 12.4. The molecule has 2 heterocycles. The summed E-state index contributed by atoms with van der Waals surface area (Å²) in [5, 5.41) is 10.8. The van der Waals surface area contributed by atoms with Crippen molar-refractivity contribution < 1.29 is 19.2 Å². The summed E-state index contributed by atoms with van der Waals surface area (Å²) in [7, 11) is 0. The predicted octanol–water partition coefficient (Wildman–Crippen LogP) is 3.26. The number of carbonyl (C=O) groups is 2. The van der Waals surface area contributed by atoms with Crippen LogP contribution >= 0.6 is 11.8 Å². The molecule has 26 heavy (non-hydrogen) atoms. The number of esters is 1. The molecule has 0 aromatic heterocycles. The van der Waals surface area contributed by atoms with E-state index in [1.807, 2.05) is 0 Å². The van der Waals surface area contributed by atoms with Crippen LogP contribution in [0.3, 0.4) is 0 Å². The van der Waals surface area contributed by atoms with E-state index in [1.54, 1.807) is 28.8 Å². The Morgan fingerprint density at radius 1 is 1.38 bits per heavy atom. The lowest BCUT2D eigenvalue weighted by molar-refractivity contribution is -0.384. The predicted molar refractivity (Wildman–Crippen MR) is 97.5 cm³/mol. The zero-order chi connectivity index (χ0) is 18.7. The third-order valence-electron chi connectivity index (χ3n) is 4.88. The number of rotatable bonds is 8. The summed E-state index contributed by atoms with van der Waals surface area (Å²) in [6.07, 6.45) is 4.22. The Hall–Kier alpha value is -2.09. The zero-order valence-electron chi connectivity index (χ0n) is 14.7. The average Bonchev–Trinajstić information content (AvgIpc) is 2.94. The molecule has 3 rings (SSSR count). The van der Waals surface area contributed by atoms with Crippen molar-refractivity contribution in [3.63, 3.8) is 0 Å². The summed E-state index contributed by atoms with van der Waals surface area (Å²) in [5.74, 6) is -0.192. The van der Waals surface area contributed by atoms with E-state index < -0.39 is 9.67 Å². The van der Waals surface area contributed by atoms with Crippen LogP contribution in [0, 0.1) is 10.1 Å². The van der Waals surface area contributed by atoms with Crippen LogP contribution in [0.2, 0.25) is 0 Å². The third kappa shape index (κ3) is 3.70. The van der Waals surface area contributed by atoms with Crippen molar-refractivity contribution in [2.75, 3.05) is 6.54 Å². The van der Waals surface area contributed by atoms with Gasteiger partial charge in [0.25, 0.3) is 5.69 Å². The number of hydrogen-bond donors (Lipinski definition) is 0. The number of nitro benzene ring substituents is 1. The molecule has 2 atom stereocenters. The summed E-state index contributed by atoms with van der Waals surface area (Å²) in [6.45, 7) is 2.60. The van der Waals surface area contributed by atoms with Crippen LogP contribution in [0.1, 0.15) is 44.6 Å². The molecule has 0 spiro atoms. The quantitative estimate of drug-likeness (QED) is 0.227. The van der Waals surface area contributed by atoms with Crippen LogP contribution in [0.5, 0.6) is 0 Å². The first kappa shape index (κ1) is 18.7. The molecule has 8 heteroatoms. The van der Waals surface area contributed by atoms with Gasteiger partial charge in [0.15, 0.2) is 0 Å². The Kier molecular flexibility index (Phi) is 5.50. The molecule has 2 aliphatic rings. The second-order valence-corrected chi connectivity index (χ2v) is 8.31. The van der Waals surface area contributed by atoms with Gasteiger partial charge < -0.3 is 9.64 Å². The maximum absolute atomic E-state index is 12.8. The number of nitrogens with zero attached hydrogens (tertiary/aromatic N) is 2. The molecular formula is C18H22N2O5S. The lowest BCUT2D eigenvalue weighted by atomic mass is 9.98. The van der Waals surface area contributed by atoms with Crippen molar-refractivity contribution in [3.05, 3.63) is 39.9 Å². The van der Waals surface area contributed by atoms with E-state index in [-0.39, 0.29) is 29.5 Å². The van der Waals surface area contributed by atoms with E-state index in [0.717, 1.165) is 19.3 Å². The van der Waals surface area contributed by atoms with Crippen molar-refractivity contribution in [2.24, 2.45) is 0 Å². The Morgan fingerprint density at radius 3 is 2.69 bits per heavy atom. The van der Waals surface area contributed by atoms with Crippen molar-refractivity contribution in [2.45, 2.75) is 55.8 Å². The second-order valence-electron chi connectivity index (χ2n) is 6.75. The molecule has 0 aliphatic carbocycles. The van der Waals surface area contributed by atoms with Crippen molar-refractivity contribution in [1.82, 2.24) is 4.90 Å². The number of fused-ring (bicyclic) bond motifs is 1. The summed E-state index contributed by atoms with van der Waals surface area (Å²) >= 11 is 1.55. The highest BCUT2D eigenvalue weighted by molar-refractivity contribution is 8.02. The number of hydrogen-bond acceptors (Lipinski definition) is 6. The molecule has 140 valence electrons.